The van der Waals surface area contributed by atoms with Gasteiger partial charge in [0.05, 0.1) is 30.3 Å². The van der Waals surface area contributed by atoms with Crippen LogP contribution in [0, 0.1) is 25.2 Å². The SMILES string of the molecule is CNC(=O)CN1CCN(C2(CC#N)CN(c3nc(Nc4cc(C)ns4)ncc3C)C2)CC1. The number of carbonyl (C=O) groups excluding carboxylic acids is 1. The molecular formula is C21H29N9OS. The van der Waals surface area contributed by atoms with Gasteiger partial charge in [-0.15, -0.1) is 0 Å². The van der Waals surface area contributed by atoms with Gasteiger partial charge in [-0.2, -0.15) is 14.6 Å². The number of hydrogen-bond acceptors (Lipinski definition) is 10. The van der Waals surface area contributed by atoms with E-state index in [9.17, 15) is 10.1 Å². The summed E-state index contributed by atoms with van der Waals surface area (Å²) in [6.07, 6.45) is 2.31. The molecule has 32 heavy (non-hydrogen) atoms. The molecule has 2 fully saturated rings. The minimum atomic E-state index is -0.173. The van der Waals surface area contributed by atoms with Crippen LogP contribution in [-0.4, -0.2) is 88.4 Å². The predicted octanol–water partition coefficient (Wildman–Crippen LogP) is 1.13. The van der Waals surface area contributed by atoms with E-state index in [4.69, 9.17) is 4.98 Å². The third-order valence-corrected chi connectivity index (χ3v) is 6.97. The Hall–Kier alpha value is -2.81. The van der Waals surface area contributed by atoms with Gasteiger partial charge < -0.3 is 15.5 Å². The van der Waals surface area contributed by atoms with Crippen molar-refractivity contribution in [2.24, 2.45) is 0 Å². The van der Waals surface area contributed by atoms with Crippen LogP contribution in [0.1, 0.15) is 17.7 Å². The van der Waals surface area contributed by atoms with Crippen molar-refractivity contribution in [3.05, 3.63) is 23.5 Å². The summed E-state index contributed by atoms with van der Waals surface area (Å²) >= 11 is 1.39. The van der Waals surface area contributed by atoms with E-state index >= 15 is 0 Å². The van der Waals surface area contributed by atoms with Crippen LogP contribution in [0.25, 0.3) is 0 Å². The van der Waals surface area contributed by atoms with Crippen molar-refractivity contribution in [3.63, 3.8) is 0 Å². The van der Waals surface area contributed by atoms with Gasteiger partial charge in [0.1, 0.15) is 10.8 Å². The van der Waals surface area contributed by atoms with E-state index in [1.54, 1.807) is 7.05 Å². The first kappa shape index (κ1) is 22.4. The van der Waals surface area contributed by atoms with Crippen LogP contribution in [-0.2, 0) is 4.79 Å². The van der Waals surface area contributed by atoms with Crippen LogP contribution in [0.2, 0.25) is 0 Å². The molecule has 11 heteroatoms. The molecule has 4 heterocycles. The number of anilines is 3. The average Bonchev–Trinajstić information content (AvgIpc) is 3.17. The van der Waals surface area contributed by atoms with Crippen LogP contribution in [0.4, 0.5) is 16.8 Å². The molecule has 170 valence electrons. The summed E-state index contributed by atoms with van der Waals surface area (Å²) in [7, 11) is 1.66. The second-order valence-corrected chi connectivity index (χ2v) is 9.31. The number of carbonyl (C=O) groups is 1. The molecule has 0 spiro atoms. The minimum absolute atomic E-state index is 0.0390. The highest BCUT2D eigenvalue weighted by molar-refractivity contribution is 7.10. The van der Waals surface area contributed by atoms with E-state index in [2.05, 4.69) is 40.8 Å². The van der Waals surface area contributed by atoms with Crippen molar-refractivity contribution >= 4 is 34.2 Å². The number of amides is 1. The van der Waals surface area contributed by atoms with Crippen LogP contribution >= 0.6 is 11.5 Å². The van der Waals surface area contributed by atoms with E-state index in [1.165, 1.54) is 11.5 Å². The maximum absolute atomic E-state index is 11.7. The highest BCUT2D eigenvalue weighted by Crippen LogP contribution is 2.36. The Morgan fingerprint density at radius 3 is 2.66 bits per heavy atom. The standard InChI is InChI=1S/C21H29N9OS/c1-15-11-24-20(25-18-10-16(2)27-32-18)26-19(15)29-13-21(14-29,4-5-22)30-8-6-28(7-9-30)12-17(31)23-3/h10-11H,4,6-9,12-14H2,1-3H3,(H,23,31)(H,24,25,26). The first-order chi connectivity index (χ1) is 15.4. The Morgan fingerprint density at radius 2 is 2.03 bits per heavy atom. The Kier molecular flexibility index (Phi) is 6.55. The number of nitrogens with zero attached hydrogens (tertiary/aromatic N) is 7. The summed E-state index contributed by atoms with van der Waals surface area (Å²) in [6, 6.07) is 4.37. The molecule has 0 atom stereocenters. The first-order valence-corrected chi connectivity index (χ1v) is 11.5. The van der Waals surface area contributed by atoms with Gasteiger partial charge in [0, 0.05) is 58.1 Å². The van der Waals surface area contributed by atoms with Gasteiger partial charge in [-0.1, -0.05) is 0 Å². The second kappa shape index (κ2) is 9.36. The summed E-state index contributed by atoms with van der Waals surface area (Å²) in [5.74, 6) is 1.49. The molecule has 2 N–H and O–H groups in total. The molecule has 0 unspecified atom stereocenters. The molecule has 1 amide bonds. The monoisotopic (exact) mass is 455 g/mol. The lowest BCUT2D eigenvalue weighted by molar-refractivity contribution is -0.122. The van der Waals surface area contributed by atoms with Crippen molar-refractivity contribution in [3.8, 4) is 6.07 Å². The lowest BCUT2D eigenvalue weighted by Gasteiger charge is -2.57. The topological polar surface area (TPSA) is 113 Å². The quantitative estimate of drug-likeness (QED) is 0.634. The van der Waals surface area contributed by atoms with Gasteiger partial charge >= 0.3 is 0 Å². The van der Waals surface area contributed by atoms with Gasteiger partial charge in [0.15, 0.2) is 0 Å². The molecule has 2 aromatic heterocycles. The zero-order valence-corrected chi connectivity index (χ0v) is 19.6. The van der Waals surface area contributed by atoms with E-state index in [-0.39, 0.29) is 11.4 Å². The van der Waals surface area contributed by atoms with Crippen molar-refractivity contribution in [2.45, 2.75) is 25.8 Å². The number of rotatable bonds is 7. The van der Waals surface area contributed by atoms with E-state index in [0.29, 0.717) is 18.9 Å². The maximum Gasteiger partial charge on any atom is 0.233 e. The summed E-state index contributed by atoms with van der Waals surface area (Å²) < 4.78 is 4.28. The highest BCUT2D eigenvalue weighted by Gasteiger charge is 2.49. The minimum Gasteiger partial charge on any atom is -0.358 e. The molecule has 10 nitrogen and oxygen atoms in total. The van der Waals surface area contributed by atoms with Gasteiger partial charge in [0.2, 0.25) is 11.9 Å². The van der Waals surface area contributed by atoms with Crippen LogP contribution < -0.4 is 15.5 Å². The fourth-order valence-corrected chi connectivity index (χ4v) is 5.05. The van der Waals surface area contributed by atoms with E-state index in [0.717, 1.165) is 61.3 Å². The zero-order valence-electron chi connectivity index (χ0n) is 18.8. The molecule has 0 radical (unpaired) electrons. The van der Waals surface area contributed by atoms with Crippen LogP contribution in [0.15, 0.2) is 12.3 Å². The molecule has 0 bridgehead atoms. The molecule has 4 rings (SSSR count). The fourth-order valence-electron chi connectivity index (χ4n) is 4.39. The molecule has 0 aromatic carbocycles. The average molecular weight is 456 g/mol. The van der Waals surface area contributed by atoms with Crippen molar-refractivity contribution in [1.29, 1.82) is 5.26 Å². The van der Waals surface area contributed by atoms with Crippen molar-refractivity contribution in [2.75, 3.05) is 63.1 Å². The van der Waals surface area contributed by atoms with Crippen molar-refractivity contribution < 1.29 is 4.79 Å². The molecule has 2 aliphatic heterocycles. The van der Waals surface area contributed by atoms with E-state index < -0.39 is 0 Å². The maximum atomic E-state index is 11.7. The number of aryl methyl sites for hydroxylation is 2. The predicted molar refractivity (Wildman–Crippen MR) is 124 cm³/mol. The number of aromatic nitrogens is 3. The Bertz CT molecular complexity index is 1000. The molecule has 2 aromatic rings. The third-order valence-electron chi connectivity index (χ3n) is 6.18. The van der Waals surface area contributed by atoms with Gasteiger partial charge in [-0.3, -0.25) is 14.6 Å². The third kappa shape index (κ3) is 4.67. The van der Waals surface area contributed by atoms with E-state index in [1.807, 2.05) is 26.1 Å². The second-order valence-electron chi connectivity index (χ2n) is 8.51. The largest absolute Gasteiger partial charge is 0.358 e. The normalized spacial score (nSPS) is 18.6. The lowest BCUT2D eigenvalue weighted by atomic mass is 9.83. The summed E-state index contributed by atoms with van der Waals surface area (Å²) in [4.78, 5) is 27.7. The van der Waals surface area contributed by atoms with Crippen LogP contribution in [0.5, 0.6) is 0 Å². The Balaban J connectivity index is 1.42. The molecule has 0 aliphatic carbocycles. The van der Waals surface area contributed by atoms with Gasteiger partial charge in [0.25, 0.3) is 0 Å². The Labute approximate surface area is 192 Å². The molecule has 2 saturated heterocycles. The molecule has 0 saturated carbocycles. The molecular weight excluding hydrogens is 426 g/mol. The summed E-state index contributed by atoms with van der Waals surface area (Å²) in [5, 5.41) is 16.4. The zero-order chi connectivity index (χ0) is 22.7. The van der Waals surface area contributed by atoms with Gasteiger partial charge in [-0.25, -0.2) is 4.98 Å². The lowest BCUT2D eigenvalue weighted by Crippen LogP contribution is -2.73. The highest BCUT2D eigenvalue weighted by atomic mass is 32.1. The number of nitrogens with one attached hydrogen (secondary N) is 2. The Morgan fingerprint density at radius 1 is 1.28 bits per heavy atom. The summed E-state index contributed by atoms with van der Waals surface area (Å²) in [5.41, 5.74) is 1.80. The fraction of sp³-hybridized carbons (Fsp3) is 0.571. The van der Waals surface area contributed by atoms with Gasteiger partial charge in [-0.05, 0) is 31.4 Å². The first-order valence-electron chi connectivity index (χ1n) is 10.8. The molecule has 2 aliphatic rings. The number of hydrogen-bond donors (Lipinski definition) is 2. The number of piperazine rings is 1. The van der Waals surface area contributed by atoms with Crippen LogP contribution in [0.3, 0.4) is 0 Å². The number of nitriles is 1. The smallest absolute Gasteiger partial charge is 0.233 e. The van der Waals surface area contributed by atoms with Crippen molar-refractivity contribution in [1.82, 2.24) is 29.5 Å². The summed E-state index contributed by atoms with van der Waals surface area (Å²) in [6.45, 7) is 9.27. The number of likely N-dealkylation sites (N-methyl/N-ethyl adjacent to an activating group) is 1.